The van der Waals surface area contributed by atoms with Crippen molar-refractivity contribution in [3.8, 4) is 0 Å². The van der Waals surface area contributed by atoms with Crippen LogP contribution in [-0.2, 0) is 5.54 Å². The minimum atomic E-state index is -0.462. The fourth-order valence-corrected chi connectivity index (χ4v) is 5.26. The first-order chi connectivity index (χ1) is 15.0. The number of nitrogens with one attached hydrogen (secondary N) is 1. The van der Waals surface area contributed by atoms with Crippen molar-refractivity contribution in [1.82, 2.24) is 10.3 Å². The molecule has 158 valence electrons. The molecular weight excluding hydrogens is 391 g/mol. The molecule has 1 aliphatic heterocycles. The number of piperidine rings is 1. The van der Waals surface area contributed by atoms with E-state index in [0.717, 1.165) is 48.1 Å². The summed E-state index contributed by atoms with van der Waals surface area (Å²) in [4.78, 5) is 19.9. The summed E-state index contributed by atoms with van der Waals surface area (Å²) in [5, 5.41) is 4.03. The van der Waals surface area contributed by atoms with E-state index >= 15 is 0 Å². The van der Waals surface area contributed by atoms with Gasteiger partial charge in [0.1, 0.15) is 11.3 Å². The molecule has 3 N–H and O–H groups in total. The first-order valence-electron chi connectivity index (χ1n) is 10.9. The Kier molecular flexibility index (Phi) is 3.93. The highest BCUT2D eigenvalue weighted by atomic mass is 19.1. The zero-order valence-corrected chi connectivity index (χ0v) is 17.4. The topological polar surface area (TPSA) is 71.2 Å². The van der Waals surface area contributed by atoms with Crippen molar-refractivity contribution < 1.29 is 9.18 Å². The molecule has 0 bridgehead atoms. The summed E-state index contributed by atoms with van der Waals surface area (Å²) < 4.78 is 14.2. The van der Waals surface area contributed by atoms with Gasteiger partial charge < -0.3 is 16.0 Å². The molecule has 6 heteroatoms. The Bertz CT molecular complexity index is 1210. The largest absolute Gasteiger partial charge is 0.371 e. The van der Waals surface area contributed by atoms with Gasteiger partial charge in [0.15, 0.2) is 0 Å². The van der Waals surface area contributed by atoms with E-state index in [0.29, 0.717) is 29.0 Å². The van der Waals surface area contributed by atoms with Gasteiger partial charge in [-0.25, -0.2) is 4.39 Å². The van der Waals surface area contributed by atoms with Gasteiger partial charge in [-0.1, -0.05) is 18.2 Å². The number of carbonyl (C=O) groups is 1. The molecule has 5 nitrogen and oxygen atoms in total. The van der Waals surface area contributed by atoms with Crippen LogP contribution in [0.25, 0.3) is 10.9 Å². The maximum absolute atomic E-state index is 14.2. The molecule has 1 aromatic heterocycles. The van der Waals surface area contributed by atoms with Crippen LogP contribution in [0.3, 0.4) is 0 Å². The molecule has 3 aromatic rings. The number of hydrogen-bond acceptors (Lipinski definition) is 4. The third-order valence-electron chi connectivity index (χ3n) is 7.43. The standard InChI is InChI=1S/C25H25FN4O/c1-14-4-5-15(30-12-18-19(13-30)22(18)27)11-17(14)24(31)29-25(8-9-25)20-6-7-21(26)23-16(20)3-2-10-28-23/h2-7,10-11,18-19,22H,8-9,12-13,27H2,1H3,(H,29,31). The number of anilines is 1. The second kappa shape index (κ2) is 6.50. The van der Waals surface area contributed by atoms with Crippen LogP contribution in [0.15, 0.2) is 48.7 Å². The average Bonchev–Trinajstić information content (AvgIpc) is 3.61. The van der Waals surface area contributed by atoms with Crippen molar-refractivity contribution in [3.05, 3.63) is 71.2 Å². The molecule has 3 aliphatic rings. The summed E-state index contributed by atoms with van der Waals surface area (Å²) in [5.41, 5.74) is 9.62. The highest BCUT2D eigenvalue weighted by Gasteiger charge is 2.53. The zero-order valence-electron chi connectivity index (χ0n) is 17.4. The molecule has 2 unspecified atom stereocenters. The third kappa shape index (κ3) is 2.92. The van der Waals surface area contributed by atoms with Gasteiger partial charge in [0.05, 0.1) is 5.54 Å². The van der Waals surface area contributed by atoms with Gasteiger partial charge in [-0.05, 0) is 67.0 Å². The maximum Gasteiger partial charge on any atom is 0.252 e. The van der Waals surface area contributed by atoms with Crippen molar-refractivity contribution in [2.24, 2.45) is 17.6 Å². The number of halogens is 1. The molecule has 2 atom stereocenters. The molecule has 1 saturated heterocycles. The normalized spacial score (nSPS) is 25.4. The summed E-state index contributed by atoms with van der Waals surface area (Å²) in [6, 6.07) is 13.4. The third-order valence-corrected chi connectivity index (χ3v) is 7.43. The van der Waals surface area contributed by atoms with Crippen LogP contribution in [0.4, 0.5) is 10.1 Å². The number of fused-ring (bicyclic) bond motifs is 2. The molecule has 3 fully saturated rings. The number of amides is 1. The van der Waals surface area contributed by atoms with Crippen molar-refractivity contribution >= 4 is 22.5 Å². The van der Waals surface area contributed by atoms with Gasteiger partial charge >= 0.3 is 0 Å². The molecule has 2 aromatic carbocycles. The monoisotopic (exact) mass is 416 g/mol. The van der Waals surface area contributed by atoms with Crippen molar-refractivity contribution in [3.63, 3.8) is 0 Å². The Morgan fingerprint density at radius 3 is 2.71 bits per heavy atom. The molecule has 2 aliphatic carbocycles. The van der Waals surface area contributed by atoms with Crippen LogP contribution >= 0.6 is 0 Å². The zero-order chi connectivity index (χ0) is 21.3. The number of hydrogen-bond donors (Lipinski definition) is 2. The second-order valence-electron chi connectivity index (χ2n) is 9.34. The summed E-state index contributed by atoms with van der Waals surface area (Å²) >= 11 is 0. The summed E-state index contributed by atoms with van der Waals surface area (Å²) in [6.45, 7) is 3.90. The van der Waals surface area contributed by atoms with Gasteiger partial charge in [0.25, 0.3) is 5.91 Å². The van der Waals surface area contributed by atoms with E-state index in [-0.39, 0.29) is 11.7 Å². The first kappa shape index (κ1) is 18.8. The Morgan fingerprint density at radius 2 is 1.97 bits per heavy atom. The highest BCUT2D eigenvalue weighted by Crippen LogP contribution is 2.48. The van der Waals surface area contributed by atoms with Crippen molar-refractivity contribution in [2.75, 3.05) is 18.0 Å². The van der Waals surface area contributed by atoms with Crippen molar-refractivity contribution in [1.29, 1.82) is 0 Å². The minimum absolute atomic E-state index is 0.0840. The number of rotatable bonds is 4. The average molecular weight is 417 g/mol. The van der Waals surface area contributed by atoms with Crippen molar-refractivity contribution in [2.45, 2.75) is 31.3 Å². The van der Waals surface area contributed by atoms with Crippen LogP contribution in [0.5, 0.6) is 0 Å². The lowest BCUT2D eigenvalue weighted by atomic mass is 9.98. The van der Waals surface area contributed by atoms with Crippen LogP contribution in [0, 0.1) is 24.6 Å². The number of aromatic nitrogens is 1. The molecule has 1 amide bonds. The summed E-state index contributed by atoms with van der Waals surface area (Å²) in [5.74, 6) is 0.759. The molecular formula is C25H25FN4O. The van der Waals surface area contributed by atoms with E-state index in [9.17, 15) is 9.18 Å². The number of nitrogens with two attached hydrogens (primary N) is 1. The minimum Gasteiger partial charge on any atom is -0.371 e. The second-order valence-corrected chi connectivity index (χ2v) is 9.34. The number of benzene rings is 2. The van der Waals surface area contributed by atoms with Gasteiger partial charge in [0.2, 0.25) is 0 Å². The predicted octanol–water partition coefficient (Wildman–Crippen LogP) is 3.49. The fraction of sp³-hybridized carbons (Fsp3) is 0.360. The lowest BCUT2D eigenvalue weighted by Crippen LogP contribution is -2.35. The van der Waals surface area contributed by atoms with Gasteiger partial charge in [0, 0.05) is 42.0 Å². The van der Waals surface area contributed by atoms with Gasteiger partial charge in [-0.15, -0.1) is 0 Å². The van der Waals surface area contributed by atoms with E-state index in [1.165, 1.54) is 6.07 Å². The lowest BCUT2D eigenvalue weighted by molar-refractivity contribution is 0.0930. The highest BCUT2D eigenvalue weighted by molar-refractivity contribution is 5.98. The van der Waals surface area contributed by atoms with E-state index in [2.05, 4.69) is 21.3 Å². The SMILES string of the molecule is Cc1ccc(N2CC3C(N)C3C2)cc1C(=O)NC1(c2ccc(F)c3ncccc23)CC1. The molecule has 2 saturated carbocycles. The number of carbonyl (C=O) groups excluding carboxylic acids is 1. The Balaban J connectivity index is 1.29. The lowest BCUT2D eigenvalue weighted by Gasteiger charge is -2.24. The molecule has 0 spiro atoms. The molecule has 6 rings (SSSR count). The van der Waals surface area contributed by atoms with Crippen LogP contribution in [-0.4, -0.2) is 30.0 Å². The van der Waals surface area contributed by atoms with Crippen LogP contribution in [0.1, 0.15) is 34.3 Å². The first-order valence-corrected chi connectivity index (χ1v) is 10.9. The van der Waals surface area contributed by atoms with Crippen LogP contribution in [0.2, 0.25) is 0 Å². The molecule has 0 radical (unpaired) electrons. The predicted molar refractivity (Wildman–Crippen MR) is 118 cm³/mol. The van der Waals surface area contributed by atoms with Gasteiger partial charge in [-0.2, -0.15) is 0 Å². The van der Waals surface area contributed by atoms with Crippen LogP contribution < -0.4 is 16.0 Å². The summed E-state index contributed by atoms with van der Waals surface area (Å²) in [6.07, 6.45) is 3.26. The number of aryl methyl sites for hydroxylation is 1. The smallest absolute Gasteiger partial charge is 0.252 e. The van der Waals surface area contributed by atoms with Gasteiger partial charge in [-0.3, -0.25) is 9.78 Å². The number of nitrogens with zero attached hydrogens (tertiary/aromatic N) is 2. The van der Waals surface area contributed by atoms with E-state index in [1.807, 2.05) is 31.2 Å². The molecule has 31 heavy (non-hydrogen) atoms. The Morgan fingerprint density at radius 1 is 1.19 bits per heavy atom. The maximum atomic E-state index is 14.2. The quantitative estimate of drug-likeness (QED) is 0.683. The fourth-order valence-electron chi connectivity index (χ4n) is 5.26. The van der Waals surface area contributed by atoms with E-state index < -0.39 is 5.54 Å². The van der Waals surface area contributed by atoms with E-state index in [1.54, 1.807) is 12.3 Å². The number of pyridine rings is 1. The van der Waals surface area contributed by atoms with E-state index in [4.69, 9.17) is 5.73 Å². The Hall–Kier alpha value is -2.99. The summed E-state index contributed by atoms with van der Waals surface area (Å²) in [7, 11) is 0. The Labute approximate surface area is 180 Å². The molecule has 2 heterocycles.